The van der Waals surface area contributed by atoms with Gasteiger partial charge in [0.05, 0.1) is 7.11 Å². The molecule has 1 N–H and O–H groups in total. The van der Waals surface area contributed by atoms with Crippen molar-refractivity contribution in [1.29, 1.82) is 0 Å². The Morgan fingerprint density at radius 2 is 1.74 bits per heavy atom. The molecule has 27 heavy (non-hydrogen) atoms. The summed E-state index contributed by atoms with van der Waals surface area (Å²) in [4.78, 5) is 12.1. The van der Waals surface area contributed by atoms with Crippen molar-refractivity contribution in [2.24, 2.45) is 0 Å². The molecule has 2 rings (SSSR count). The molecule has 0 aliphatic rings. The van der Waals surface area contributed by atoms with Gasteiger partial charge in [-0.1, -0.05) is 39.0 Å². The zero-order chi connectivity index (χ0) is 20.0. The average molecular weight is 375 g/mol. The highest BCUT2D eigenvalue weighted by molar-refractivity contribution is 6.01. The van der Waals surface area contributed by atoms with Crippen molar-refractivity contribution in [3.63, 3.8) is 0 Å². The van der Waals surface area contributed by atoms with Gasteiger partial charge in [-0.3, -0.25) is 4.79 Å². The number of amides is 1. The van der Waals surface area contributed by atoms with Gasteiger partial charge in [0.2, 0.25) is 5.91 Å². The maximum absolute atomic E-state index is 12.3. The molecule has 0 fully saturated rings. The highest BCUT2D eigenvalue weighted by Gasteiger charge is 2.13. The van der Waals surface area contributed by atoms with Crippen molar-refractivity contribution in [2.75, 3.05) is 12.4 Å². The van der Waals surface area contributed by atoms with Gasteiger partial charge >= 0.3 is 6.61 Å². The standard InChI is InChI=1S/C21H23F2NO3/c1-21(2,3)15-7-9-16(10-8-15)24-19(25)12-6-14-5-11-17(27-20(22)23)18(13-14)26-4/h5-13,20H,1-4H3,(H,24,25)/b12-6+. The van der Waals surface area contributed by atoms with E-state index in [0.29, 0.717) is 11.3 Å². The van der Waals surface area contributed by atoms with Gasteiger partial charge in [0.25, 0.3) is 0 Å². The van der Waals surface area contributed by atoms with Crippen molar-refractivity contribution >= 4 is 17.7 Å². The molecule has 0 spiro atoms. The van der Waals surface area contributed by atoms with Crippen LogP contribution in [0.1, 0.15) is 31.9 Å². The summed E-state index contributed by atoms with van der Waals surface area (Å²) in [7, 11) is 1.36. The van der Waals surface area contributed by atoms with Crippen molar-refractivity contribution in [2.45, 2.75) is 32.8 Å². The number of hydrogen-bond acceptors (Lipinski definition) is 3. The van der Waals surface area contributed by atoms with Crippen molar-refractivity contribution < 1.29 is 23.0 Å². The highest BCUT2D eigenvalue weighted by atomic mass is 19.3. The van der Waals surface area contributed by atoms with E-state index in [-0.39, 0.29) is 22.8 Å². The number of rotatable bonds is 6. The molecule has 2 aromatic carbocycles. The minimum atomic E-state index is -2.93. The molecule has 0 saturated carbocycles. The highest BCUT2D eigenvalue weighted by Crippen LogP contribution is 2.30. The van der Waals surface area contributed by atoms with Gasteiger partial charge in [0, 0.05) is 11.8 Å². The van der Waals surface area contributed by atoms with E-state index in [1.807, 2.05) is 24.3 Å². The van der Waals surface area contributed by atoms with Crippen LogP contribution in [-0.4, -0.2) is 19.6 Å². The maximum atomic E-state index is 12.3. The molecule has 0 heterocycles. The Kier molecular flexibility index (Phi) is 6.55. The molecule has 0 aliphatic heterocycles. The number of alkyl halides is 2. The monoisotopic (exact) mass is 375 g/mol. The van der Waals surface area contributed by atoms with E-state index in [0.717, 1.165) is 0 Å². The Morgan fingerprint density at radius 1 is 1.07 bits per heavy atom. The second kappa shape index (κ2) is 8.66. The molecular formula is C21H23F2NO3. The van der Waals surface area contributed by atoms with Crippen LogP contribution in [0.4, 0.5) is 14.5 Å². The van der Waals surface area contributed by atoms with E-state index < -0.39 is 6.61 Å². The van der Waals surface area contributed by atoms with Gasteiger partial charge in [0.1, 0.15) is 0 Å². The summed E-state index contributed by atoms with van der Waals surface area (Å²) in [6.45, 7) is 3.43. The zero-order valence-corrected chi connectivity index (χ0v) is 15.8. The summed E-state index contributed by atoms with van der Waals surface area (Å²) in [6, 6.07) is 12.1. The second-order valence-corrected chi connectivity index (χ2v) is 6.94. The Hall–Kier alpha value is -2.89. The first-order valence-corrected chi connectivity index (χ1v) is 8.41. The van der Waals surface area contributed by atoms with Gasteiger partial charge in [-0.05, 0) is 46.9 Å². The summed E-state index contributed by atoms with van der Waals surface area (Å²) < 4.78 is 34.1. The molecular weight excluding hydrogens is 352 g/mol. The minimum absolute atomic E-state index is 0.0433. The average Bonchev–Trinajstić information content (AvgIpc) is 2.60. The van der Waals surface area contributed by atoms with Crippen LogP contribution in [-0.2, 0) is 10.2 Å². The summed E-state index contributed by atoms with van der Waals surface area (Å²) in [5, 5.41) is 2.78. The Labute approximate surface area is 157 Å². The quantitative estimate of drug-likeness (QED) is 0.702. The number of nitrogens with one attached hydrogen (secondary N) is 1. The van der Waals surface area contributed by atoms with Crippen molar-refractivity contribution in [3.8, 4) is 11.5 Å². The molecule has 0 aliphatic carbocycles. The number of halogens is 2. The molecule has 0 saturated heterocycles. The lowest BCUT2D eigenvalue weighted by Gasteiger charge is -2.19. The number of carbonyl (C=O) groups excluding carboxylic acids is 1. The Balaban J connectivity index is 2.04. The first-order valence-electron chi connectivity index (χ1n) is 8.41. The summed E-state index contributed by atoms with van der Waals surface area (Å²) in [5.74, 6) is -0.200. The normalized spacial score (nSPS) is 11.7. The summed E-state index contributed by atoms with van der Waals surface area (Å²) in [5.41, 5.74) is 2.53. The lowest BCUT2D eigenvalue weighted by molar-refractivity contribution is -0.111. The van der Waals surface area contributed by atoms with Gasteiger partial charge in [0.15, 0.2) is 11.5 Å². The lowest BCUT2D eigenvalue weighted by Crippen LogP contribution is -2.12. The van der Waals surface area contributed by atoms with E-state index in [9.17, 15) is 13.6 Å². The van der Waals surface area contributed by atoms with Gasteiger partial charge in [-0.25, -0.2) is 0 Å². The fourth-order valence-electron chi connectivity index (χ4n) is 2.39. The molecule has 2 aromatic rings. The predicted molar refractivity (Wildman–Crippen MR) is 102 cm³/mol. The molecule has 144 valence electrons. The fourth-order valence-corrected chi connectivity index (χ4v) is 2.39. The number of benzene rings is 2. The van der Waals surface area contributed by atoms with E-state index in [2.05, 4.69) is 30.8 Å². The van der Waals surface area contributed by atoms with Crippen LogP contribution in [0.15, 0.2) is 48.5 Å². The van der Waals surface area contributed by atoms with Crippen LogP contribution in [0, 0.1) is 0 Å². The number of anilines is 1. The molecule has 0 atom stereocenters. The summed E-state index contributed by atoms with van der Waals surface area (Å²) >= 11 is 0. The van der Waals surface area contributed by atoms with Crippen molar-refractivity contribution in [3.05, 3.63) is 59.7 Å². The van der Waals surface area contributed by atoms with Crippen LogP contribution >= 0.6 is 0 Å². The van der Waals surface area contributed by atoms with Crippen LogP contribution in [0.5, 0.6) is 11.5 Å². The number of methoxy groups -OCH3 is 1. The largest absolute Gasteiger partial charge is 0.493 e. The number of hydrogen-bond donors (Lipinski definition) is 1. The summed E-state index contributed by atoms with van der Waals surface area (Å²) in [6.07, 6.45) is 2.92. The molecule has 0 unspecified atom stereocenters. The third-order valence-electron chi connectivity index (χ3n) is 3.85. The second-order valence-electron chi connectivity index (χ2n) is 6.94. The van der Waals surface area contributed by atoms with Gasteiger partial charge < -0.3 is 14.8 Å². The lowest BCUT2D eigenvalue weighted by atomic mass is 9.87. The van der Waals surface area contributed by atoms with Gasteiger partial charge in [-0.2, -0.15) is 8.78 Å². The number of ether oxygens (including phenoxy) is 2. The molecule has 0 radical (unpaired) electrons. The SMILES string of the molecule is COc1cc(/C=C/C(=O)Nc2ccc(C(C)(C)C)cc2)ccc1OC(F)F. The first kappa shape index (κ1) is 20.4. The first-order chi connectivity index (χ1) is 12.7. The Bertz CT molecular complexity index is 809. The van der Waals surface area contributed by atoms with Crippen LogP contribution in [0.3, 0.4) is 0 Å². The van der Waals surface area contributed by atoms with Crippen LogP contribution in [0.25, 0.3) is 6.08 Å². The maximum Gasteiger partial charge on any atom is 0.387 e. The zero-order valence-electron chi connectivity index (χ0n) is 15.8. The smallest absolute Gasteiger partial charge is 0.387 e. The van der Waals surface area contributed by atoms with Crippen molar-refractivity contribution in [1.82, 2.24) is 0 Å². The van der Waals surface area contributed by atoms with Crippen LogP contribution in [0.2, 0.25) is 0 Å². The molecule has 6 heteroatoms. The molecule has 4 nitrogen and oxygen atoms in total. The predicted octanol–water partition coefficient (Wildman–Crippen LogP) is 5.25. The van der Waals surface area contributed by atoms with Gasteiger partial charge in [-0.15, -0.1) is 0 Å². The van der Waals surface area contributed by atoms with E-state index in [1.54, 1.807) is 12.1 Å². The third kappa shape index (κ3) is 6.09. The molecule has 1 amide bonds. The third-order valence-corrected chi connectivity index (χ3v) is 3.85. The van der Waals surface area contributed by atoms with E-state index >= 15 is 0 Å². The number of carbonyl (C=O) groups is 1. The van der Waals surface area contributed by atoms with Crippen LogP contribution < -0.4 is 14.8 Å². The Morgan fingerprint density at radius 3 is 2.30 bits per heavy atom. The topological polar surface area (TPSA) is 47.6 Å². The minimum Gasteiger partial charge on any atom is -0.493 e. The molecule has 0 bridgehead atoms. The molecule has 0 aromatic heterocycles. The van der Waals surface area contributed by atoms with E-state index in [1.165, 1.54) is 30.9 Å². The van der Waals surface area contributed by atoms with E-state index in [4.69, 9.17) is 4.74 Å². The fraction of sp³-hybridized carbons (Fsp3) is 0.286.